The molecule has 0 bridgehead atoms. The van der Waals surface area contributed by atoms with E-state index in [-0.39, 0.29) is 10.8 Å². The summed E-state index contributed by atoms with van der Waals surface area (Å²) >= 11 is 0. The average Bonchev–Trinajstić information content (AvgIpc) is 2.68. The van der Waals surface area contributed by atoms with Gasteiger partial charge in [0.25, 0.3) is 15.9 Å². The molecule has 1 aliphatic rings. The van der Waals surface area contributed by atoms with Crippen molar-refractivity contribution in [3.05, 3.63) is 59.2 Å². The first kappa shape index (κ1) is 19.4. The van der Waals surface area contributed by atoms with Gasteiger partial charge < -0.3 is 4.90 Å². The van der Waals surface area contributed by atoms with E-state index in [0.29, 0.717) is 11.3 Å². The Morgan fingerprint density at radius 3 is 2.33 bits per heavy atom. The summed E-state index contributed by atoms with van der Waals surface area (Å²) in [7, 11) is -3.76. The van der Waals surface area contributed by atoms with Gasteiger partial charge in [-0.3, -0.25) is 9.52 Å². The van der Waals surface area contributed by atoms with E-state index in [1.165, 1.54) is 6.07 Å². The zero-order valence-electron chi connectivity index (χ0n) is 15.9. The minimum atomic E-state index is -3.76. The van der Waals surface area contributed by atoms with E-state index in [1.54, 1.807) is 24.3 Å². The fraction of sp³-hybridized carbons (Fsp3) is 0.381. The number of amides is 1. The lowest BCUT2D eigenvalue weighted by Gasteiger charge is -2.27. The van der Waals surface area contributed by atoms with E-state index >= 15 is 0 Å². The number of nitrogens with zero attached hydrogens (tertiary/aromatic N) is 1. The standard InChI is InChI=1S/C21H26N2O3S/c1-3-17-8-10-18(11-9-17)22-27(25,26)19-12-7-16(2)20(15-19)21(24)23-13-5-4-6-14-23/h7-12,15,22H,3-6,13-14H2,1-2H3. The third-order valence-electron chi connectivity index (χ3n) is 5.01. The van der Waals surface area contributed by atoms with Crippen LogP contribution in [0.4, 0.5) is 5.69 Å². The van der Waals surface area contributed by atoms with Gasteiger partial charge in [-0.2, -0.15) is 0 Å². The fourth-order valence-corrected chi connectivity index (χ4v) is 4.37. The second kappa shape index (κ2) is 8.13. The number of carbonyl (C=O) groups is 1. The van der Waals surface area contributed by atoms with E-state index < -0.39 is 10.0 Å². The van der Waals surface area contributed by atoms with Crippen LogP contribution in [0.5, 0.6) is 0 Å². The van der Waals surface area contributed by atoms with Gasteiger partial charge in [-0.1, -0.05) is 25.1 Å². The number of benzene rings is 2. The lowest BCUT2D eigenvalue weighted by Crippen LogP contribution is -2.36. The Bertz CT molecular complexity index is 915. The predicted octanol–water partition coefficient (Wildman–Crippen LogP) is 3.98. The third kappa shape index (κ3) is 4.50. The zero-order chi connectivity index (χ0) is 19.4. The number of anilines is 1. The van der Waals surface area contributed by atoms with Gasteiger partial charge in [0.2, 0.25) is 0 Å². The van der Waals surface area contributed by atoms with E-state index in [2.05, 4.69) is 4.72 Å². The maximum absolute atomic E-state index is 12.8. The maximum atomic E-state index is 12.8. The molecule has 0 unspecified atom stereocenters. The van der Waals surface area contributed by atoms with E-state index in [9.17, 15) is 13.2 Å². The van der Waals surface area contributed by atoms with Gasteiger partial charge in [0, 0.05) is 24.3 Å². The first-order chi connectivity index (χ1) is 12.9. The molecule has 0 radical (unpaired) electrons. The van der Waals surface area contributed by atoms with Crippen LogP contribution in [-0.2, 0) is 16.4 Å². The number of aryl methyl sites for hydroxylation is 2. The lowest BCUT2D eigenvalue weighted by atomic mass is 10.1. The van der Waals surface area contributed by atoms with Crippen LogP contribution < -0.4 is 4.72 Å². The largest absolute Gasteiger partial charge is 0.339 e. The van der Waals surface area contributed by atoms with Gasteiger partial charge in [0.15, 0.2) is 0 Å². The Kier molecular flexibility index (Phi) is 5.85. The van der Waals surface area contributed by atoms with Crippen molar-refractivity contribution < 1.29 is 13.2 Å². The highest BCUT2D eigenvalue weighted by atomic mass is 32.2. The first-order valence-corrected chi connectivity index (χ1v) is 10.9. The molecule has 1 heterocycles. The highest BCUT2D eigenvalue weighted by molar-refractivity contribution is 7.92. The molecule has 0 aliphatic carbocycles. The van der Waals surface area contributed by atoms with Gasteiger partial charge in [-0.25, -0.2) is 8.42 Å². The number of carbonyl (C=O) groups excluding carboxylic acids is 1. The molecule has 1 N–H and O–H groups in total. The van der Waals surface area contributed by atoms with Gasteiger partial charge in [-0.15, -0.1) is 0 Å². The summed E-state index contributed by atoms with van der Waals surface area (Å²) in [4.78, 5) is 14.8. The highest BCUT2D eigenvalue weighted by Gasteiger charge is 2.22. The monoisotopic (exact) mass is 386 g/mol. The summed E-state index contributed by atoms with van der Waals surface area (Å²) in [5.41, 5.74) is 2.90. The molecule has 2 aromatic carbocycles. The number of hydrogen-bond acceptors (Lipinski definition) is 3. The molecule has 27 heavy (non-hydrogen) atoms. The quantitative estimate of drug-likeness (QED) is 0.845. The minimum absolute atomic E-state index is 0.0865. The maximum Gasteiger partial charge on any atom is 0.261 e. The molecule has 5 nitrogen and oxygen atoms in total. The van der Waals surface area contributed by atoms with Crippen LogP contribution in [0.2, 0.25) is 0 Å². The van der Waals surface area contributed by atoms with E-state index in [4.69, 9.17) is 0 Å². The number of hydrogen-bond donors (Lipinski definition) is 1. The molecule has 0 aromatic heterocycles. The molecule has 6 heteroatoms. The second-order valence-corrected chi connectivity index (χ2v) is 8.67. The fourth-order valence-electron chi connectivity index (χ4n) is 3.29. The van der Waals surface area contributed by atoms with Crippen molar-refractivity contribution in [3.63, 3.8) is 0 Å². The summed E-state index contributed by atoms with van der Waals surface area (Å²) in [5, 5.41) is 0. The zero-order valence-corrected chi connectivity index (χ0v) is 16.7. The number of nitrogens with one attached hydrogen (secondary N) is 1. The van der Waals surface area contributed by atoms with Gasteiger partial charge in [0.1, 0.15) is 0 Å². The Morgan fingerprint density at radius 1 is 1.04 bits per heavy atom. The van der Waals surface area contributed by atoms with E-state index in [0.717, 1.165) is 49.9 Å². The van der Waals surface area contributed by atoms with E-state index in [1.807, 2.05) is 30.9 Å². The Balaban J connectivity index is 1.85. The van der Waals surface area contributed by atoms with Crippen molar-refractivity contribution in [2.24, 2.45) is 0 Å². The molecule has 1 amide bonds. The van der Waals surface area contributed by atoms with Crippen molar-refractivity contribution in [3.8, 4) is 0 Å². The molecule has 2 aromatic rings. The average molecular weight is 387 g/mol. The van der Waals surface area contributed by atoms with Gasteiger partial charge in [0.05, 0.1) is 4.90 Å². The number of piperidine rings is 1. The topological polar surface area (TPSA) is 66.5 Å². The Morgan fingerprint density at radius 2 is 1.70 bits per heavy atom. The summed E-state index contributed by atoms with van der Waals surface area (Å²) in [6.45, 7) is 5.35. The normalized spacial score (nSPS) is 14.8. The van der Waals surface area contributed by atoms with Crippen molar-refractivity contribution in [1.29, 1.82) is 0 Å². The van der Waals surface area contributed by atoms with Crippen LogP contribution in [0.25, 0.3) is 0 Å². The molecule has 1 saturated heterocycles. The summed E-state index contributed by atoms with van der Waals surface area (Å²) in [6, 6.07) is 12.1. The van der Waals surface area contributed by atoms with Crippen LogP contribution in [-0.4, -0.2) is 32.3 Å². The van der Waals surface area contributed by atoms with Crippen LogP contribution in [0, 0.1) is 6.92 Å². The molecule has 0 atom stereocenters. The number of likely N-dealkylation sites (tertiary alicyclic amines) is 1. The number of rotatable bonds is 5. The Labute approximate surface area is 161 Å². The smallest absolute Gasteiger partial charge is 0.261 e. The van der Waals surface area contributed by atoms with Crippen molar-refractivity contribution in [2.75, 3.05) is 17.8 Å². The SMILES string of the molecule is CCc1ccc(NS(=O)(=O)c2ccc(C)c(C(=O)N3CCCCC3)c2)cc1. The second-order valence-electron chi connectivity index (χ2n) is 6.99. The van der Waals surface area contributed by atoms with Crippen LogP contribution in [0.1, 0.15) is 47.7 Å². The predicted molar refractivity (Wildman–Crippen MR) is 108 cm³/mol. The highest BCUT2D eigenvalue weighted by Crippen LogP contribution is 2.22. The molecule has 1 aliphatic heterocycles. The van der Waals surface area contributed by atoms with Crippen molar-refractivity contribution in [1.82, 2.24) is 4.90 Å². The van der Waals surface area contributed by atoms with Crippen LogP contribution >= 0.6 is 0 Å². The number of sulfonamides is 1. The van der Waals surface area contributed by atoms with Crippen LogP contribution in [0.15, 0.2) is 47.4 Å². The third-order valence-corrected chi connectivity index (χ3v) is 6.39. The van der Waals surface area contributed by atoms with Crippen LogP contribution in [0.3, 0.4) is 0 Å². The molecule has 3 rings (SSSR count). The molecule has 0 saturated carbocycles. The molecule has 0 spiro atoms. The first-order valence-electron chi connectivity index (χ1n) is 9.42. The minimum Gasteiger partial charge on any atom is -0.339 e. The van der Waals surface area contributed by atoms with Crippen molar-refractivity contribution in [2.45, 2.75) is 44.4 Å². The van der Waals surface area contributed by atoms with Gasteiger partial charge in [-0.05, 0) is 68.0 Å². The molecule has 1 fully saturated rings. The summed E-state index contributed by atoms with van der Waals surface area (Å²) in [6.07, 6.45) is 4.03. The molecule has 144 valence electrons. The molecular weight excluding hydrogens is 360 g/mol. The Hall–Kier alpha value is -2.34. The van der Waals surface area contributed by atoms with Gasteiger partial charge >= 0.3 is 0 Å². The summed E-state index contributed by atoms with van der Waals surface area (Å²) < 4.78 is 28.2. The lowest BCUT2D eigenvalue weighted by molar-refractivity contribution is 0.0723. The summed E-state index contributed by atoms with van der Waals surface area (Å²) in [5.74, 6) is -0.0865. The van der Waals surface area contributed by atoms with Crippen molar-refractivity contribution >= 4 is 21.6 Å². The molecular formula is C21H26N2O3S.